The van der Waals surface area contributed by atoms with Crippen molar-refractivity contribution < 1.29 is 19.1 Å². The van der Waals surface area contributed by atoms with Crippen LogP contribution in [0, 0.1) is 0 Å². The molecule has 0 aliphatic heterocycles. The van der Waals surface area contributed by atoms with Gasteiger partial charge in [0.15, 0.2) is 6.10 Å². The number of carboxylic acid groups (broad SMARTS) is 1. The van der Waals surface area contributed by atoms with Crippen molar-refractivity contribution in [1.29, 1.82) is 0 Å². The highest BCUT2D eigenvalue weighted by molar-refractivity contribution is 5.71. The smallest absolute Gasteiger partial charge is 0.332 e. The van der Waals surface area contributed by atoms with E-state index in [9.17, 15) is 4.79 Å². The van der Waals surface area contributed by atoms with Crippen LogP contribution in [0.25, 0.3) is 0 Å². The van der Waals surface area contributed by atoms with Crippen LogP contribution in [0.4, 0.5) is 0 Å². The molecule has 0 unspecified atom stereocenters. The molecule has 0 aliphatic rings. The van der Waals surface area contributed by atoms with Crippen LogP contribution in [0.5, 0.6) is 0 Å². The number of oxazole rings is 1. The molecule has 90 valence electrons. The van der Waals surface area contributed by atoms with Crippen molar-refractivity contribution in [2.75, 3.05) is 0 Å². The van der Waals surface area contributed by atoms with Gasteiger partial charge < -0.3 is 14.3 Å². The Labute approximate surface area is 94.4 Å². The number of carbonyl (C=O) groups is 1. The Hall–Kier alpha value is -1.36. The first-order valence-electron chi connectivity index (χ1n) is 5.10. The predicted molar refractivity (Wildman–Crippen MR) is 57.1 cm³/mol. The maximum absolute atomic E-state index is 10.5. The average Bonchev–Trinajstić information content (AvgIpc) is 2.61. The zero-order chi connectivity index (χ0) is 12.3. The molecule has 0 radical (unpaired) electrons. The summed E-state index contributed by atoms with van der Waals surface area (Å²) in [6.07, 6.45) is 0.786. The maximum atomic E-state index is 10.5. The lowest BCUT2D eigenvalue weighted by Crippen LogP contribution is -2.19. The van der Waals surface area contributed by atoms with E-state index in [0.29, 0.717) is 5.89 Å². The highest BCUT2D eigenvalue weighted by atomic mass is 16.5. The zero-order valence-corrected chi connectivity index (χ0v) is 9.98. The molecule has 0 aromatic carbocycles. The van der Waals surface area contributed by atoms with Crippen molar-refractivity contribution >= 4 is 5.97 Å². The maximum Gasteiger partial charge on any atom is 0.332 e. The van der Waals surface area contributed by atoms with Crippen LogP contribution in [0.1, 0.15) is 39.3 Å². The first-order valence-corrected chi connectivity index (χ1v) is 5.10. The van der Waals surface area contributed by atoms with Gasteiger partial charge in [0.2, 0.25) is 5.89 Å². The van der Waals surface area contributed by atoms with Crippen molar-refractivity contribution in [3.05, 3.63) is 17.8 Å². The molecule has 0 saturated carbocycles. The van der Waals surface area contributed by atoms with E-state index in [1.165, 1.54) is 6.92 Å². The molecule has 0 saturated heterocycles. The molecule has 16 heavy (non-hydrogen) atoms. The summed E-state index contributed by atoms with van der Waals surface area (Å²) in [6, 6.07) is 0. The van der Waals surface area contributed by atoms with Gasteiger partial charge in [0.05, 0.1) is 6.20 Å². The second kappa shape index (κ2) is 4.65. The number of carboxylic acids is 1. The molecule has 0 aliphatic carbocycles. The highest BCUT2D eigenvalue weighted by Crippen LogP contribution is 2.22. The lowest BCUT2D eigenvalue weighted by molar-refractivity contribution is -0.150. The number of rotatable bonds is 4. The third-order valence-electron chi connectivity index (χ3n) is 2.10. The van der Waals surface area contributed by atoms with Crippen molar-refractivity contribution in [2.45, 2.75) is 45.8 Å². The van der Waals surface area contributed by atoms with Gasteiger partial charge in [-0.2, -0.15) is 0 Å². The Morgan fingerprint density at radius 3 is 2.69 bits per heavy atom. The Kier molecular flexibility index (Phi) is 3.70. The van der Waals surface area contributed by atoms with E-state index in [1.54, 1.807) is 6.20 Å². The second-order valence-electron chi connectivity index (χ2n) is 4.66. The topological polar surface area (TPSA) is 72.6 Å². The molecular weight excluding hydrogens is 210 g/mol. The lowest BCUT2D eigenvalue weighted by atomic mass is 9.94. The standard InChI is InChI=1S/C11H17NO4/c1-7(10(13)14)15-6-9-12-5-8(16-9)11(2,3)4/h5,7H,6H2,1-4H3,(H,13,14)/t7-/m1/s1. The SMILES string of the molecule is C[C@@H](OCc1ncc(C(C)(C)C)o1)C(=O)O. The molecule has 1 heterocycles. The molecule has 0 amide bonds. The van der Waals surface area contributed by atoms with E-state index >= 15 is 0 Å². The molecule has 5 nitrogen and oxygen atoms in total. The molecule has 5 heteroatoms. The van der Waals surface area contributed by atoms with Crippen LogP contribution in [0.2, 0.25) is 0 Å². The van der Waals surface area contributed by atoms with E-state index in [1.807, 2.05) is 20.8 Å². The molecular formula is C11H17NO4. The number of aromatic nitrogens is 1. The van der Waals surface area contributed by atoms with Gasteiger partial charge in [-0.1, -0.05) is 20.8 Å². The molecule has 0 bridgehead atoms. The first kappa shape index (κ1) is 12.7. The van der Waals surface area contributed by atoms with Gasteiger partial charge in [0.25, 0.3) is 0 Å². The fraction of sp³-hybridized carbons (Fsp3) is 0.636. The van der Waals surface area contributed by atoms with E-state index in [4.69, 9.17) is 14.3 Å². The Balaban J connectivity index is 2.57. The van der Waals surface area contributed by atoms with Crippen molar-refractivity contribution in [1.82, 2.24) is 4.98 Å². The van der Waals surface area contributed by atoms with E-state index in [-0.39, 0.29) is 12.0 Å². The van der Waals surface area contributed by atoms with Gasteiger partial charge in [-0.25, -0.2) is 9.78 Å². The van der Waals surface area contributed by atoms with Gasteiger partial charge in [-0.15, -0.1) is 0 Å². The molecule has 1 aromatic heterocycles. The summed E-state index contributed by atoms with van der Waals surface area (Å²) in [4.78, 5) is 14.5. The molecule has 0 spiro atoms. The molecule has 0 fully saturated rings. The minimum atomic E-state index is -0.998. The van der Waals surface area contributed by atoms with Crippen molar-refractivity contribution in [3.63, 3.8) is 0 Å². The van der Waals surface area contributed by atoms with Crippen LogP contribution in [-0.2, 0) is 21.6 Å². The quantitative estimate of drug-likeness (QED) is 0.851. The Bertz CT molecular complexity index is 364. The lowest BCUT2D eigenvalue weighted by Gasteiger charge is -2.13. The largest absolute Gasteiger partial charge is 0.479 e. The molecule has 1 rings (SSSR count). The van der Waals surface area contributed by atoms with E-state index in [2.05, 4.69) is 4.98 Å². The van der Waals surface area contributed by atoms with Crippen LogP contribution in [0.15, 0.2) is 10.6 Å². The van der Waals surface area contributed by atoms with Crippen LogP contribution < -0.4 is 0 Å². The number of ether oxygens (including phenoxy) is 1. The normalized spacial score (nSPS) is 13.8. The predicted octanol–water partition coefficient (Wildman–Crippen LogP) is 1.96. The zero-order valence-electron chi connectivity index (χ0n) is 9.98. The van der Waals surface area contributed by atoms with Crippen molar-refractivity contribution in [2.24, 2.45) is 0 Å². The summed E-state index contributed by atoms with van der Waals surface area (Å²) in [5.41, 5.74) is -0.107. The fourth-order valence-corrected chi connectivity index (χ4v) is 0.991. The summed E-state index contributed by atoms with van der Waals surface area (Å²) in [7, 11) is 0. The highest BCUT2D eigenvalue weighted by Gasteiger charge is 2.20. The van der Waals surface area contributed by atoms with Gasteiger partial charge in [0.1, 0.15) is 12.4 Å². The second-order valence-corrected chi connectivity index (χ2v) is 4.66. The van der Waals surface area contributed by atoms with Gasteiger partial charge in [0, 0.05) is 5.41 Å². The number of hydrogen-bond acceptors (Lipinski definition) is 4. The van der Waals surface area contributed by atoms with E-state index < -0.39 is 12.1 Å². The molecule has 1 atom stereocenters. The summed E-state index contributed by atoms with van der Waals surface area (Å²) in [5, 5.41) is 8.62. The Morgan fingerprint density at radius 2 is 2.25 bits per heavy atom. The van der Waals surface area contributed by atoms with Crippen LogP contribution in [-0.4, -0.2) is 22.2 Å². The summed E-state index contributed by atoms with van der Waals surface area (Å²) in [6.45, 7) is 7.58. The Morgan fingerprint density at radius 1 is 1.62 bits per heavy atom. The molecule has 1 aromatic rings. The summed E-state index contributed by atoms with van der Waals surface area (Å²) in [5.74, 6) is 0.162. The number of hydrogen-bond donors (Lipinski definition) is 1. The third kappa shape index (κ3) is 3.34. The number of nitrogens with zero attached hydrogens (tertiary/aromatic N) is 1. The minimum Gasteiger partial charge on any atom is -0.479 e. The van der Waals surface area contributed by atoms with Gasteiger partial charge in [-0.05, 0) is 6.92 Å². The van der Waals surface area contributed by atoms with Crippen LogP contribution >= 0.6 is 0 Å². The monoisotopic (exact) mass is 227 g/mol. The minimum absolute atomic E-state index is 0.0730. The fourth-order valence-electron chi connectivity index (χ4n) is 0.991. The third-order valence-corrected chi connectivity index (χ3v) is 2.10. The average molecular weight is 227 g/mol. The van der Waals surface area contributed by atoms with E-state index in [0.717, 1.165) is 5.76 Å². The van der Waals surface area contributed by atoms with Crippen LogP contribution in [0.3, 0.4) is 0 Å². The summed E-state index contributed by atoms with van der Waals surface area (Å²) >= 11 is 0. The summed E-state index contributed by atoms with van der Waals surface area (Å²) < 4.78 is 10.5. The first-order chi connectivity index (χ1) is 7.30. The van der Waals surface area contributed by atoms with Crippen molar-refractivity contribution in [3.8, 4) is 0 Å². The van der Waals surface area contributed by atoms with Gasteiger partial charge >= 0.3 is 5.97 Å². The van der Waals surface area contributed by atoms with Gasteiger partial charge in [-0.3, -0.25) is 0 Å². The molecule has 1 N–H and O–H groups in total. The number of aliphatic carboxylic acids is 1.